The second kappa shape index (κ2) is 3.58. The zero-order valence-electron chi connectivity index (χ0n) is 8.83. The molecular formula is C11H17N3. The Morgan fingerprint density at radius 1 is 1.57 bits per heavy atom. The van der Waals surface area contributed by atoms with Gasteiger partial charge in [-0.15, -0.1) is 0 Å². The molecule has 0 spiro atoms. The van der Waals surface area contributed by atoms with Gasteiger partial charge in [-0.3, -0.25) is 4.98 Å². The van der Waals surface area contributed by atoms with Crippen molar-refractivity contribution in [2.45, 2.75) is 18.9 Å². The Kier molecular flexibility index (Phi) is 2.42. The van der Waals surface area contributed by atoms with E-state index >= 15 is 0 Å². The zero-order valence-corrected chi connectivity index (χ0v) is 8.83. The van der Waals surface area contributed by atoms with Gasteiger partial charge >= 0.3 is 0 Å². The number of hydrogen-bond acceptors (Lipinski definition) is 3. The molecule has 1 N–H and O–H groups in total. The summed E-state index contributed by atoms with van der Waals surface area (Å²) in [5.41, 5.74) is 1.49. The Morgan fingerprint density at radius 2 is 2.43 bits per heavy atom. The lowest BCUT2D eigenvalue weighted by Gasteiger charge is -2.24. The predicted molar refractivity (Wildman–Crippen MR) is 58.5 cm³/mol. The van der Waals surface area contributed by atoms with E-state index in [4.69, 9.17) is 0 Å². The van der Waals surface area contributed by atoms with Crippen molar-refractivity contribution in [3.63, 3.8) is 0 Å². The first-order valence-electron chi connectivity index (χ1n) is 5.07. The number of likely N-dealkylation sites (N-methyl/N-ethyl adjacent to an activating group) is 1. The Balaban J connectivity index is 2.10. The van der Waals surface area contributed by atoms with E-state index in [-0.39, 0.29) is 5.54 Å². The van der Waals surface area contributed by atoms with Crippen molar-refractivity contribution in [3.05, 3.63) is 24.5 Å². The van der Waals surface area contributed by atoms with E-state index in [1.165, 1.54) is 12.1 Å². The quantitative estimate of drug-likeness (QED) is 0.763. The largest absolute Gasteiger partial charge is 0.368 e. The lowest BCUT2D eigenvalue weighted by Crippen LogP contribution is -2.42. The number of rotatable bonds is 2. The number of pyridine rings is 1. The van der Waals surface area contributed by atoms with E-state index in [0.717, 1.165) is 13.1 Å². The first kappa shape index (κ1) is 9.46. The second-order valence-electron chi connectivity index (χ2n) is 4.19. The molecule has 0 radical (unpaired) electrons. The minimum atomic E-state index is 0.260. The fraction of sp³-hybridized carbons (Fsp3) is 0.545. The lowest BCUT2D eigenvalue weighted by molar-refractivity contribution is 0.428. The van der Waals surface area contributed by atoms with Gasteiger partial charge in [0.15, 0.2) is 0 Å². The summed E-state index contributed by atoms with van der Waals surface area (Å²) in [7, 11) is 2.03. The maximum absolute atomic E-state index is 4.14. The highest BCUT2D eigenvalue weighted by Crippen LogP contribution is 2.25. The van der Waals surface area contributed by atoms with E-state index in [2.05, 4.69) is 28.2 Å². The van der Waals surface area contributed by atoms with E-state index in [9.17, 15) is 0 Å². The van der Waals surface area contributed by atoms with Gasteiger partial charge in [0.05, 0.1) is 11.9 Å². The van der Waals surface area contributed by atoms with Crippen LogP contribution in [0.15, 0.2) is 24.5 Å². The molecule has 1 unspecified atom stereocenters. The normalized spacial score (nSPS) is 26.9. The van der Waals surface area contributed by atoms with Gasteiger partial charge in [0.2, 0.25) is 0 Å². The van der Waals surface area contributed by atoms with Crippen molar-refractivity contribution >= 4 is 5.69 Å². The van der Waals surface area contributed by atoms with Gasteiger partial charge in [0.25, 0.3) is 0 Å². The minimum absolute atomic E-state index is 0.260. The van der Waals surface area contributed by atoms with Crippen molar-refractivity contribution < 1.29 is 0 Å². The monoisotopic (exact) mass is 191 g/mol. The number of anilines is 1. The van der Waals surface area contributed by atoms with Crippen LogP contribution in [0.4, 0.5) is 5.69 Å². The van der Waals surface area contributed by atoms with Gasteiger partial charge in [-0.25, -0.2) is 0 Å². The highest BCUT2D eigenvalue weighted by Gasteiger charge is 2.32. The Hall–Kier alpha value is -1.09. The van der Waals surface area contributed by atoms with Gasteiger partial charge in [-0.2, -0.15) is 0 Å². The SMILES string of the molecule is CNC1(C)CCN(c2cccnc2)C1. The highest BCUT2D eigenvalue weighted by molar-refractivity contribution is 5.45. The number of aromatic nitrogens is 1. The molecule has 1 aliphatic rings. The van der Waals surface area contributed by atoms with Gasteiger partial charge in [0.1, 0.15) is 0 Å². The molecule has 0 bridgehead atoms. The van der Waals surface area contributed by atoms with Crippen LogP contribution in [0.3, 0.4) is 0 Å². The Labute approximate surface area is 85.1 Å². The highest BCUT2D eigenvalue weighted by atomic mass is 15.2. The van der Waals surface area contributed by atoms with E-state index in [1.807, 2.05) is 25.5 Å². The average Bonchev–Trinajstić information content (AvgIpc) is 2.63. The summed E-state index contributed by atoms with van der Waals surface area (Å²) < 4.78 is 0. The molecule has 1 aliphatic heterocycles. The van der Waals surface area contributed by atoms with Gasteiger partial charge in [-0.1, -0.05) is 0 Å². The number of nitrogens with zero attached hydrogens (tertiary/aromatic N) is 2. The first-order valence-corrected chi connectivity index (χ1v) is 5.07. The molecule has 2 heterocycles. The Morgan fingerprint density at radius 3 is 3.00 bits per heavy atom. The summed E-state index contributed by atoms with van der Waals surface area (Å²) in [5.74, 6) is 0. The van der Waals surface area contributed by atoms with Crippen molar-refractivity contribution in [2.24, 2.45) is 0 Å². The molecule has 3 heteroatoms. The summed E-state index contributed by atoms with van der Waals surface area (Å²) in [5, 5.41) is 3.38. The van der Waals surface area contributed by atoms with Crippen molar-refractivity contribution in [1.29, 1.82) is 0 Å². The molecule has 0 aliphatic carbocycles. The first-order chi connectivity index (χ1) is 6.73. The molecule has 1 aromatic rings. The fourth-order valence-electron chi connectivity index (χ4n) is 1.93. The number of nitrogens with one attached hydrogen (secondary N) is 1. The van der Waals surface area contributed by atoms with Crippen molar-refractivity contribution in [2.75, 3.05) is 25.0 Å². The Bertz CT molecular complexity index is 299. The molecule has 3 nitrogen and oxygen atoms in total. The standard InChI is InChI=1S/C11H17N3/c1-11(12-2)5-7-14(9-11)10-4-3-6-13-8-10/h3-4,6,8,12H,5,7,9H2,1-2H3. The van der Waals surface area contributed by atoms with E-state index in [1.54, 1.807) is 0 Å². The molecular weight excluding hydrogens is 174 g/mol. The molecule has 1 atom stereocenters. The summed E-state index contributed by atoms with van der Waals surface area (Å²) in [4.78, 5) is 6.52. The lowest BCUT2D eigenvalue weighted by atomic mass is 10.0. The minimum Gasteiger partial charge on any atom is -0.368 e. The molecule has 1 saturated heterocycles. The maximum atomic E-state index is 4.14. The molecule has 0 amide bonds. The molecule has 0 saturated carbocycles. The van der Waals surface area contributed by atoms with Gasteiger partial charge in [-0.05, 0) is 32.5 Å². The third-order valence-electron chi connectivity index (χ3n) is 3.09. The topological polar surface area (TPSA) is 28.2 Å². The van der Waals surface area contributed by atoms with Gasteiger partial charge in [0, 0.05) is 24.8 Å². The molecule has 0 aromatic carbocycles. The number of hydrogen-bond donors (Lipinski definition) is 1. The zero-order chi connectivity index (χ0) is 10.0. The third-order valence-corrected chi connectivity index (χ3v) is 3.09. The van der Waals surface area contributed by atoms with E-state index in [0.29, 0.717) is 0 Å². The molecule has 1 aromatic heterocycles. The molecule has 2 rings (SSSR count). The summed E-state index contributed by atoms with van der Waals surface area (Å²) in [6.45, 7) is 4.45. The predicted octanol–water partition coefficient (Wildman–Crippen LogP) is 1.27. The van der Waals surface area contributed by atoms with Gasteiger partial charge < -0.3 is 10.2 Å². The van der Waals surface area contributed by atoms with Crippen molar-refractivity contribution in [1.82, 2.24) is 10.3 Å². The summed E-state index contributed by atoms with van der Waals surface area (Å²) >= 11 is 0. The van der Waals surface area contributed by atoms with Crippen LogP contribution in [0.2, 0.25) is 0 Å². The molecule has 76 valence electrons. The smallest absolute Gasteiger partial charge is 0.0553 e. The van der Waals surface area contributed by atoms with Crippen LogP contribution in [0.1, 0.15) is 13.3 Å². The maximum Gasteiger partial charge on any atom is 0.0553 e. The van der Waals surface area contributed by atoms with Crippen LogP contribution in [0.25, 0.3) is 0 Å². The second-order valence-corrected chi connectivity index (χ2v) is 4.19. The van der Waals surface area contributed by atoms with Crippen LogP contribution in [-0.2, 0) is 0 Å². The van der Waals surface area contributed by atoms with Crippen LogP contribution < -0.4 is 10.2 Å². The van der Waals surface area contributed by atoms with Crippen LogP contribution in [0, 0.1) is 0 Å². The van der Waals surface area contributed by atoms with Crippen LogP contribution in [0.5, 0.6) is 0 Å². The summed E-state index contributed by atoms with van der Waals surface area (Å²) in [6.07, 6.45) is 4.94. The third kappa shape index (κ3) is 1.73. The fourth-order valence-corrected chi connectivity index (χ4v) is 1.93. The summed E-state index contributed by atoms with van der Waals surface area (Å²) in [6, 6.07) is 4.11. The van der Waals surface area contributed by atoms with Crippen molar-refractivity contribution in [3.8, 4) is 0 Å². The average molecular weight is 191 g/mol. The van der Waals surface area contributed by atoms with Crippen LogP contribution in [-0.4, -0.2) is 30.7 Å². The van der Waals surface area contributed by atoms with Crippen LogP contribution >= 0.6 is 0 Å². The van der Waals surface area contributed by atoms with E-state index < -0.39 is 0 Å². The molecule has 1 fully saturated rings. The molecule has 14 heavy (non-hydrogen) atoms.